The highest BCUT2D eigenvalue weighted by molar-refractivity contribution is 6.03. The van der Waals surface area contributed by atoms with Crippen LogP contribution in [0.4, 0.5) is 10.3 Å². The van der Waals surface area contributed by atoms with Gasteiger partial charge in [0.2, 0.25) is 11.8 Å². The van der Waals surface area contributed by atoms with Gasteiger partial charge >= 0.3 is 0 Å². The number of ether oxygens (including phenoxy) is 3. The normalized spacial score (nSPS) is 22.4. The Morgan fingerprint density at radius 2 is 2.03 bits per heavy atom. The number of aromatic nitrogens is 3. The lowest BCUT2D eigenvalue weighted by molar-refractivity contribution is -0.0578. The third kappa shape index (κ3) is 5.00. The molecule has 10 heteroatoms. The van der Waals surface area contributed by atoms with Crippen molar-refractivity contribution in [2.45, 2.75) is 45.0 Å². The number of rotatable bonds is 6. The summed E-state index contributed by atoms with van der Waals surface area (Å²) in [5.74, 6) is 0.243. The Balaban J connectivity index is 1.51. The maximum atomic E-state index is 14.4. The van der Waals surface area contributed by atoms with E-state index in [0.717, 1.165) is 22.5 Å². The average molecular weight is 494 g/mol. The Bertz CT molecular complexity index is 1300. The van der Waals surface area contributed by atoms with Gasteiger partial charge in [0.05, 0.1) is 36.5 Å². The van der Waals surface area contributed by atoms with Crippen LogP contribution >= 0.6 is 0 Å². The highest BCUT2D eigenvalue weighted by Crippen LogP contribution is 2.38. The van der Waals surface area contributed by atoms with Crippen LogP contribution < -0.4 is 10.5 Å². The van der Waals surface area contributed by atoms with E-state index in [1.807, 2.05) is 26.0 Å². The molecule has 188 valence electrons. The van der Waals surface area contributed by atoms with Crippen LogP contribution in [0.3, 0.4) is 0 Å². The summed E-state index contributed by atoms with van der Waals surface area (Å²) in [7, 11) is 1.55. The van der Waals surface area contributed by atoms with Gasteiger partial charge in [0, 0.05) is 23.6 Å². The first kappa shape index (κ1) is 24.1. The SMILES string of the molecule is COc1cccc(-c2cc(F)ccc2[C@H]2CC(=NOC[C@H]3COC(C)O3)c3c(C)nc(N)nc3C2)n1. The summed E-state index contributed by atoms with van der Waals surface area (Å²) in [5, 5.41) is 4.48. The van der Waals surface area contributed by atoms with Crippen LogP contribution in [0.2, 0.25) is 0 Å². The number of nitrogens with zero attached hydrogens (tertiary/aromatic N) is 4. The number of benzene rings is 1. The molecule has 2 aromatic heterocycles. The van der Waals surface area contributed by atoms with E-state index in [-0.39, 0.29) is 36.7 Å². The number of aryl methyl sites for hydroxylation is 1. The molecule has 1 aliphatic heterocycles. The van der Waals surface area contributed by atoms with Crippen molar-refractivity contribution in [2.24, 2.45) is 5.16 Å². The lowest BCUT2D eigenvalue weighted by atomic mass is 9.79. The van der Waals surface area contributed by atoms with Gasteiger partial charge in [0.1, 0.15) is 18.5 Å². The molecule has 0 radical (unpaired) electrons. The van der Waals surface area contributed by atoms with E-state index in [1.165, 1.54) is 12.1 Å². The van der Waals surface area contributed by atoms with E-state index in [4.69, 9.17) is 24.8 Å². The second-order valence-corrected chi connectivity index (χ2v) is 8.88. The van der Waals surface area contributed by atoms with Crippen LogP contribution in [0.15, 0.2) is 41.6 Å². The molecule has 3 atom stereocenters. The number of hydrogen-bond acceptors (Lipinski definition) is 9. The van der Waals surface area contributed by atoms with Gasteiger partial charge < -0.3 is 24.8 Å². The molecular weight excluding hydrogens is 465 g/mol. The zero-order chi connectivity index (χ0) is 25.2. The summed E-state index contributed by atoms with van der Waals surface area (Å²) >= 11 is 0. The molecule has 0 spiro atoms. The highest BCUT2D eigenvalue weighted by atomic mass is 19.1. The van der Waals surface area contributed by atoms with Crippen molar-refractivity contribution in [3.05, 3.63) is 64.7 Å². The maximum absolute atomic E-state index is 14.4. The minimum atomic E-state index is -0.345. The second kappa shape index (κ2) is 10.2. The van der Waals surface area contributed by atoms with Crippen molar-refractivity contribution in [1.29, 1.82) is 0 Å². The molecule has 1 saturated heterocycles. The van der Waals surface area contributed by atoms with E-state index >= 15 is 0 Å². The minimum absolute atomic E-state index is 0.0664. The van der Waals surface area contributed by atoms with Crippen LogP contribution in [0.5, 0.6) is 5.88 Å². The van der Waals surface area contributed by atoms with Gasteiger partial charge in [-0.15, -0.1) is 0 Å². The Kier molecular flexibility index (Phi) is 6.80. The lowest BCUT2D eigenvalue weighted by Crippen LogP contribution is -2.25. The molecule has 2 aliphatic rings. The van der Waals surface area contributed by atoms with Crippen molar-refractivity contribution >= 4 is 11.7 Å². The van der Waals surface area contributed by atoms with Crippen molar-refractivity contribution in [3.63, 3.8) is 0 Å². The Hall–Kier alpha value is -3.63. The molecule has 3 aromatic rings. The molecule has 1 aromatic carbocycles. The first-order valence-corrected chi connectivity index (χ1v) is 11.8. The molecule has 0 bridgehead atoms. The number of nitrogen functional groups attached to an aromatic ring is 1. The van der Waals surface area contributed by atoms with E-state index in [0.29, 0.717) is 42.3 Å². The largest absolute Gasteiger partial charge is 0.481 e. The van der Waals surface area contributed by atoms with Gasteiger partial charge in [-0.3, -0.25) is 0 Å². The maximum Gasteiger partial charge on any atom is 0.220 e. The number of oxime groups is 1. The Morgan fingerprint density at radius 1 is 1.17 bits per heavy atom. The van der Waals surface area contributed by atoms with Gasteiger partial charge in [-0.25, -0.2) is 19.3 Å². The van der Waals surface area contributed by atoms with Gasteiger partial charge in [-0.05, 0) is 49.9 Å². The number of halogens is 1. The van der Waals surface area contributed by atoms with Crippen LogP contribution in [-0.4, -0.2) is 53.4 Å². The number of hydrogen-bond donors (Lipinski definition) is 1. The van der Waals surface area contributed by atoms with Gasteiger partial charge in [0.25, 0.3) is 0 Å². The van der Waals surface area contributed by atoms with Crippen molar-refractivity contribution in [1.82, 2.24) is 15.0 Å². The molecular formula is C26H28FN5O4. The monoisotopic (exact) mass is 493 g/mol. The van der Waals surface area contributed by atoms with E-state index < -0.39 is 0 Å². The summed E-state index contributed by atoms with van der Waals surface area (Å²) < 4.78 is 30.7. The van der Waals surface area contributed by atoms with E-state index in [1.54, 1.807) is 19.2 Å². The average Bonchev–Trinajstić information content (AvgIpc) is 3.28. The summed E-state index contributed by atoms with van der Waals surface area (Å²) in [6.45, 7) is 4.44. The Morgan fingerprint density at radius 3 is 2.81 bits per heavy atom. The van der Waals surface area contributed by atoms with Crippen LogP contribution in [0.25, 0.3) is 11.3 Å². The number of anilines is 1. The van der Waals surface area contributed by atoms with Crippen LogP contribution in [-0.2, 0) is 20.7 Å². The van der Waals surface area contributed by atoms with Crippen molar-refractivity contribution < 1.29 is 23.4 Å². The predicted octanol–water partition coefficient (Wildman–Crippen LogP) is 3.79. The fourth-order valence-electron chi connectivity index (χ4n) is 4.79. The van der Waals surface area contributed by atoms with Crippen molar-refractivity contribution in [3.8, 4) is 17.1 Å². The summed E-state index contributed by atoms with van der Waals surface area (Å²) in [5.41, 5.74) is 11.3. The van der Waals surface area contributed by atoms with E-state index in [2.05, 4.69) is 20.1 Å². The minimum Gasteiger partial charge on any atom is -0.481 e. The highest BCUT2D eigenvalue weighted by Gasteiger charge is 2.31. The molecule has 9 nitrogen and oxygen atoms in total. The predicted molar refractivity (Wildman–Crippen MR) is 131 cm³/mol. The first-order chi connectivity index (χ1) is 17.4. The third-order valence-electron chi connectivity index (χ3n) is 6.35. The summed E-state index contributed by atoms with van der Waals surface area (Å²) in [6.07, 6.45) is 0.686. The van der Waals surface area contributed by atoms with Gasteiger partial charge in [0.15, 0.2) is 6.29 Å². The van der Waals surface area contributed by atoms with E-state index in [9.17, 15) is 4.39 Å². The standard InChI is InChI=1S/C26H28FN5O4/c1-14-25-22(31-26(28)29-14)9-16(10-23(25)32-35-13-18-12-34-15(2)36-18)19-8-7-17(27)11-20(19)21-5-4-6-24(30-21)33-3/h4-8,11,15-16,18H,9-10,12-13H2,1-3H3,(H2,28,29,31)/t15?,16-,18-/m1/s1. The number of fused-ring (bicyclic) bond motifs is 1. The lowest BCUT2D eigenvalue weighted by Gasteiger charge is -2.28. The Labute approximate surface area is 208 Å². The molecule has 0 amide bonds. The fraction of sp³-hybridized carbons (Fsp3) is 0.385. The van der Waals surface area contributed by atoms with Crippen molar-refractivity contribution in [2.75, 3.05) is 26.1 Å². The second-order valence-electron chi connectivity index (χ2n) is 8.88. The van der Waals surface area contributed by atoms with Gasteiger partial charge in [-0.1, -0.05) is 17.3 Å². The number of methoxy groups -OCH3 is 1. The molecule has 36 heavy (non-hydrogen) atoms. The number of nitrogens with two attached hydrogens (primary N) is 1. The number of pyridine rings is 1. The van der Waals surface area contributed by atoms with Crippen LogP contribution in [0.1, 0.15) is 41.8 Å². The molecule has 1 aliphatic carbocycles. The molecule has 5 rings (SSSR count). The van der Waals surface area contributed by atoms with Gasteiger partial charge in [-0.2, -0.15) is 0 Å². The quantitative estimate of drug-likeness (QED) is 0.516. The summed E-state index contributed by atoms with van der Waals surface area (Å²) in [6, 6.07) is 10.2. The topological polar surface area (TPSA) is 114 Å². The molecule has 1 unspecified atom stereocenters. The summed E-state index contributed by atoms with van der Waals surface area (Å²) in [4.78, 5) is 19.1. The zero-order valence-corrected chi connectivity index (χ0v) is 20.4. The fourth-order valence-corrected chi connectivity index (χ4v) is 4.79. The first-order valence-electron chi connectivity index (χ1n) is 11.8. The zero-order valence-electron chi connectivity index (χ0n) is 20.4. The molecule has 3 heterocycles. The third-order valence-corrected chi connectivity index (χ3v) is 6.35. The van der Waals surface area contributed by atoms with Crippen LogP contribution in [0, 0.1) is 12.7 Å². The molecule has 0 saturated carbocycles. The smallest absolute Gasteiger partial charge is 0.220 e. The molecule has 2 N–H and O–H groups in total. The molecule has 1 fully saturated rings.